The van der Waals surface area contributed by atoms with Crippen molar-refractivity contribution in [3.05, 3.63) is 82.7 Å². The molecule has 6 nitrogen and oxygen atoms in total. The van der Waals surface area contributed by atoms with Crippen LogP contribution in [0.2, 0.25) is 0 Å². The molecule has 0 bridgehead atoms. The van der Waals surface area contributed by atoms with Gasteiger partial charge in [0.1, 0.15) is 17.5 Å². The smallest absolute Gasteiger partial charge is 0.132 e. The van der Waals surface area contributed by atoms with Crippen molar-refractivity contribution in [3.63, 3.8) is 0 Å². The lowest BCUT2D eigenvalue weighted by molar-refractivity contribution is 0.291. The summed E-state index contributed by atoms with van der Waals surface area (Å²) in [6.45, 7) is 16.4. The van der Waals surface area contributed by atoms with Gasteiger partial charge in [-0.3, -0.25) is 4.99 Å². The molecule has 2 aliphatic heterocycles. The molecule has 196 valence electrons. The van der Waals surface area contributed by atoms with Crippen LogP contribution in [0.15, 0.2) is 53.7 Å². The van der Waals surface area contributed by atoms with Gasteiger partial charge in [0.05, 0.1) is 12.3 Å². The number of nitrogens with two attached hydrogens (primary N) is 1. The van der Waals surface area contributed by atoms with Crippen LogP contribution >= 0.6 is 0 Å². The molecule has 2 aromatic rings. The van der Waals surface area contributed by atoms with E-state index in [1.165, 1.54) is 16.7 Å². The highest BCUT2D eigenvalue weighted by molar-refractivity contribution is 6.09. The van der Waals surface area contributed by atoms with E-state index in [4.69, 9.17) is 5.73 Å². The van der Waals surface area contributed by atoms with Crippen molar-refractivity contribution in [1.82, 2.24) is 14.9 Å². The summed E-state index contributed by atoms with van der Waals surface area (Å²) in [6.07, 6.45) is 7.14. The van der Waals surface area contributed by atoms with Gasteiger partial charge in [-0.05, 0) is 87.8 Å². The van der Waals surface area contributed by atoms with Gasteiger partial charge in [0.2, 0.25) is 0 Å². The average Bonchev–Trinajstić information content (AvgIpc) is 3.51. The van der Waals surface area contributed by atoms with Crippen LogP contribution in [0.4, 0.5) is 10.2 Å². The van der Waals surface area contributed by atoms with Crippen molar-refractivity contribution in [1.29, 1.82) is 0 Å². The van der Waals surface area contributed by atoms with E-state index in [0.29, 0.717) is 17.3 Å². The molecule has 0 spiro atoms. The molecular formula is C30H39FN6. The van der Waals surface area contributed by atoms with Crippen LogP contribution in [0.1, 0.15) is 54.4 Å². The number of aryl methyl sites for hydroxylation is 4. The van der Waals surface area contributed by atoms with Crippen molar-refractivity contribution < 1.29 is 4.39 Å². The quantitative estimate of drug-likeness (QED) is 0.612. The summed E-state index contributed by atoms with van der Waals surface area (Å²) in [5.74, 6) is 1.69. The number of aliphatic imine (C=N–C) groups is 1. The predicted molar refractivity (Wildman–Crippen MR) is 151 cm³/mol. The first-order valence-corrected chi connectivity index (χ1v) is 13.1. The van der Waals surface area contributed by atoms with Gasteiger partial charge in [-0.25, -0.2) is 14.4 Å². The molecule has 5 rings (SSSR count). The van der Waals surface area contributed by atoms with Gasteiger partial charge in [-0.1, -0.05) is 13.2 Å². The maximum Gasteiger partial charge on any atom is 0.132 e. The van der Waals surface area contributed by atoms with E-state index in [2.05, 4.69) is 44.0 Å². The zero-order valence-corrected chi connectivity index (χ0v) is 22.6. The molecule has 1 saturated heterocycles. The summed E-state index contributed by atoms with van der Waals surface area (Å²) in [7, 11) is 2.05. The molecule has 0 atom stereocenters. The fourth-order valence-corrected chi connectivity index (χ4v) is 5.30. The topological polar surface area (TPSA) is 70.6 Å². The van der Waals surface area contributed by atoms with Crippen LogP contribution < -0.4 is 10.6 Å². The Labute approximate surface area is 220 Å². The molecule has 1 aromatic carbocycles. The zero-order chi connectivity index (χ0) is 26.7. The highest BCUT2D eigenvalue weighted by Gasteiger charge is 2.26. The van der Waals surface area contributed by atoms with E-state index >= 15 is 0 Å². The Bertz CT molecular complexity index is 1230. The van der Waals surface area contributed by atoms with E-state index in [1.807, 2.05) is 40.0 Å². The number of rotatable bonds is 5. The molecule has 37 heavy (non-hydrogen) atoms. The molecule has 0 radical (unpaired) electrons. The van der Waals surface area contributed by atoms with E-state index in [-0.39, 0.29) is 5.82 Å². The van der Waals surface area contributed by atoms with E-state index in [0.717, 1.165) is 80.5 Å². The van der Waals surface area contributed by atoms with Crippen LogP contribution in [0, 0.1) is 19.7 Å². The summed E-state index contributed by atoms with van der Waals surface area (Å²) in [5, 5.41) is 0. The number of nitrogens with zero attached hydrogens (tertiary/aromatic N) is 5. The van der Waals surface area contributed by atoms with E-state index in [1.54, 1.807) is 6.07 Å². The number of anilines is 1. The van der Waals surface area contributed by atoms with Gasteiger partial charge in [0.25, 0.3) is 0 Å². The number of allylic oxidation sites excluding steroid dienone is 1. The Morgan fingerprint density at radius 2 is 1.73 bits per heavy atom. The standard InChI is InChI=1S/C23H29FN4.C7H10N2/c1-15-12-23(26-17(3)25-15)28-10-8-20(9-11-28)27(4)16(2)21-13-18-6-5-7-19(18)14-22(21)24;1-5-3-7(6(2)8)9-4-5/h12-14,20H,2,5-11H2,1,3-4H3;3H,2,4,8H2,1H3. The molecule has 3 aliphatic rings. The number of aromatic nitrogens is 2. The van der Waals surface area contributed by atoms with Crippen molar-refractivity contribution in [3.8, 4) is 0 Å². The lowest BCUT2D eigenvalue weighted by atomic mass is 9.99. The Morgan fingerprint density at radius 1 is 1.05 bits per heavy atom. The van der Waals surface area contributed by atoms with Gasteiger partial charge >= 0.3 is 0 Å². The van der Waals surface area contributed by atoms with Gasteiger partial charge in [0, 0.05) is 54.9 Å². The maximum atomic E-state index is 14.7. The molecule has 7 heteroatoms. The molecule has 0 unspecified atom stereocenters. The third-order valence-electron chi connectivity index (χ3n) is 7.42. The molecule has 1 aromatic heterocycles. The Balaban J connectivity index is 0.000000301. The number of halogens is 1. The fraction of sp³-hybridized carbons (Fsp3) is 0.433. The summed E-state index contributed by atoms with van der Waals surface area (Å²) in [4.78, 5) is 17.6. The number of benzene rings is 1. The lowest BCUT2D eigenvalue weighted by Crippen LogP contribution is -2.43. The van der Waals surface area contributed by atoms with Crippen molar-refractivity contribution in [2.45, 2.75) is 58.9 Å². The van der Waals surface area contributed by atoms with Crippen molar-refractivity contribution in [2.24, 2.45) is 10.7 Å². The van der Waals surface area contributed by atoms with Crippen molar-refractivity contribution >= 4 is 17.2 Å². The Morgan fingerprint density at radius 3 is 2.30 bits per heavy atom. The summed E-state index contributed by atoms with van der Waals surface area (Å²) >= 11 is 0. The van der Waals surface area contributed by atoms with Gasteiger partial charge in [-0.2, -0.15) is 0 Å². The minimum Gasteiger partial charge on any atom is -0.397 e. The molecule has 1 fully saturated rings. The fourth-order valence-electron chi connectivity index (χ4n) is 5.30. The van der Waals surface area contributed by atoms with Gasteiger partial charge in [0.15, 0.2) is 0 Å². The summed E-state index contributed by atoms with van der Waals surface area (Å²) < 4.78 is 14.7. The minimum absolute atomic E-state index is 0.137. The molecule has 2 N–H and O–H groups in total. The van der Waals surface area contributed by atoms with Crippen molar-refractivity contribution in [2.75, 3.05) is 31.6 Å². The largest absolute Gasteiger partial charge is 0.397 e. The van der Waals surface area contributed by atoms with Crippen LogP contribution in [0.3, 0.4) is 0 Å². The van der Waals surface area contributed by atoms with Crippen LogP contribution in [0.25, 0.3) is 5.70 Å². The van der Waals surface area contributed by atoms with Gasteiger partial charge in [-0.15, -0.1) is 0 Å². The normalized spacial score (nSPS) is 16.9. The number of fused-ring (bicyclic) bond motifs is 1. The molecule has 0 amide bonds. The lowest BCUT2D eigenvalue weighted by Gasteiger charge is -2.39. The second-order valence-electron chi connectivity index (χ2n) is 10.4. The number of piperidine rings is 1. The molecule has 1 aliphatic carbocycles. The average molecular weight is 503 g/mol. The van der Waals surface area contributed by atoms with Crippen LogP contribution in [0.5, 0.6) is 0 Å². The van der Waals surface area contributed by atoms with E-state index in [9.17, 15) is 4.39 Å². The third kappa shape index (κ3) is 6.27. The molecular weight excluding hydrogens is 463 g/mol. The Kier molecular flexibility index (Phi) is 8.10. The van der Waals surface area contributed by atoms with Gasteiger partial charge < -0.3 is 15.5 Å². The zero-order valence-electron chi connectivity index (χ0n) is 22.6. The highest BCUT2D eigenvalue weighted by Crippen LogP contribution is 2.31. The second kappa shape index (κ2) is 11.3. The number of hydrogen-bond acceptors (Lipinski definition) is 6. The van der Waals surface area contributed by atoms with Crippen LogP contribution in [-0.2, 0) is 12.8 Å². The maximum absolute atomic E-state index is 14.7. The third-order valence-corrected chi connectivity index (χ3v) is 7.42. The first-order chi connectivity index (χ1) is 17.6. The monoisotopic (exact) mass is 502 g/mol. The summed E-state index contributed by atoms with van der Waals surface area (Å²) in [6, 6.07) is 6.16. The highest BCUT2D eigenvalue weighted by atomic mass is 19.1. The SMILES string of the molecule is C=C(N)C1=NCC(C)=C1.C=C(c1cc2c(cc1F)CCC2)N(C)C1CCN(c2cc(C)nc(C)n2)CC1. The minimum atomic E-state index is -0.137. The first kappa shape index (κ1) is 26.6. The number of hydrogen-bond donors (Lipinski definition) is 1. The summed E-state index contributed by atoms with van der Waals surface area (Å²) in [5.41, 5.74) is 12.9. The molecule has 0 saturated carbocycles. The first-order valence-electron chi connectivity index (χ1n) is 13.1. The van der Waals surface area contributed by atoms with E-state index < -0.39 is 0 Å². The Hall–Kier alpha value is -3.48. The molecule has 3 heterocycles. The van der Waals surface area contributed by atoms with Crippen LogP contribution in [-0.4, -0.2) is 53.3 Å². The second-order valence-corrected chi connectivity index (χ2v) is 10.4. The predicted octanol–water partition coefficient (Wildman–Crippen LogP) is 5.15.